The molecule has 2 heterocycles. The lowest BCUT2D eigenvalue weighted by molar-refractivity contribution is 0.0274. The fourth-order valence-electron chi connectivity index (χ4n) is 2.48. The molecule has 1 saturated heterocycles. The molecular weight excluding hydrogens is 288 g/mol. The molecule has 0 bridgehead atoms. The summed E-state index contributed by atoms with van der Waals surface area (Å²) >= 11 is 1.35. The number of carbonyl (C=O) groups is 1. The summed E-state index contributed by atoms with van der Waals surface area (Å²) in [4.78, 5) is 19.4. The standard InChI is InChI=1S/C14H24N4O2S/c1-4-18(5-2)13-16-11(15)10(21-13)12(19)17-14(3)7-6-8-20-9-14/h4-9,15H2,1-3H3,(H,17,19). The predicted octanol–water partition coefficient (Wildman–Crippen LogP) is 1.87. The molecule has 21 heavy (non-hydrogen) atoms. The van der Waals surface area contributed by atoms with Crippen molar-refractivity contribution < 1.29 is 9.53 Å². The highest BCUT2D eigenvalue weighted by molar-refractivity contribution is 7.18. The van der Waals surface area contributed by atoms with Crippen molar-refractivity contribution in [3.05, 3.63) is 4.88 Å². The molecule has 0 saturated carbocycles. The molecular formula is C14H24N4O2S. The minimum atomic E-state index is -0.318. The molecule has 1 aromatic heterocycles. The van der Waals surface area contributed by atoms with Crippen molar-refractivity contribution in [1.29, 1.82) is 0 Å². The minimum Gasteiger partial charge on any atom is -0.382 e. The van der Waals surface area contributed by atoms with Crippen LogP contribution in [-0.4, -0.2) is 42.7 Å². The summed E-state index contributed by atoms with van der Waals surface area (Å²) in [5.74, 6) is 0.149. The lowest BCUT2D eigenvalue weighted by Gasteiger charge is -2.34. The summed E-state index contributed by atoms with van der Waals surface area (Å²) in [5, 5.41) is 3.85. The van der Waals surface area contributed by atoms with Crippen molar-refractivity contribution in [1.82, 2.24) is 10.3 Å². The van der Waals surface area contributed by atoms with Gasteiger partial charge in [-0.1, -0.05) is 11.3 Å². The minimum absolute atomic E-state index is 0.156. The molecule has 6 nitrogen and oxygen atoms in total. The van der Waals surface area contributed by atoms with Crippen molar-refractivity contribution in [2.45, 2.75) is 39.2 Å². The summed E-state index contributed by atoms with van der Waals surface area (Å²) in [6.45, 7) is 9.11. The van der Waals surface area contributed by atoms with E-state index in [9.17, 15) is 4.79 Å². The van der Waals surface area contributed by atoms with Crippen molar-refractivity contribution in [2.75, 3.05) is 36.9 Å². The van der Waals surface area contributed by atoms with Gasteiger partial charge < -0.3 is 20.7 Å². The van der Waals surface area contributed by atoms with Crippen molar-refractivity contribution in [3.8, 4) is 0 Å². The number of hydrogen-bond donors (Lipinski definition) is 2. The number of thiazole rings is 1. The number of rotatable bonds is 5. The van der Waals surface area contributed by atoms with E-state index in [4.69, 9.17) is 10.5 Å². The van der Waals surface area contributed by atoms with Crippen molar-refractivity contribution in [2.24, 2.45) is 0 Å². The maximum atomic E-state index is 12.5. The molecule has 2 rings (SSSR count). The highest BCUT2D eigenvalue weighted by Gasteiger charge is 2.31. The first-order valence-corrected chi connectivity index (χ1v) is 8.22. The number of nitrogens with one attached hydrogen (secondary N) is 1. The lowest BCUT2D eigenvalue weighted by atomic mass is 9.95. The van der Waals surface area contributed by atoms with Crippen LogP contribution in [-0.2, 0) is 4.74 Å². The maximum Gasteiger partial charge on any atom is 0.265 e. The summed E-state index contributed by atoms with van der Waals surface area (Å²) in [6.07, 6.45) is 1.88. The van der Waals surface area contributed by atoms with Crippen LogP contribution in [0.4, 0.5) is 10.9 Å². The Kier molecular flexibility index (Phi) is 5.05. The van der Waals surface area contributed by atoms with E-state index in [2.05, 4.69) is 29.0 Å². The monoisotopic (exact) mass is 312 g/mol. The van der Waals surface area contributed by atoms with Crippen LogP contribution < -0.4 is 16.0 Å². The Balaban J connectivity index is 2.12. The van der Waals surface area contributed by atoms with Gasteiger partial charge >= 0.3 is 0 Å². The summed E-state index contributed by atoms with van der Waals surface area (Å²) < 4.78 is 5.46. The van der Waals surface area contributed by atoms with Crippen molar-refractivity contribution in [3.63, 3.8) is 0 Å². The van der Waals surface area contributed by atoms with Crippen LogP contribution >= 0.6 is 11.3 Å². The van der Waals surface area contributed by atoms with Crippen LogP contribution in [0.3, 0.4) is 0 Å². The highest BCUT2D eigenvalue weighted by atomic mass is 32.1. The normalized spacial score (nSPS) is 22.0. The first kappa shape index (κ1) is 16.0. The predicted molar refractivity (Wildman–Crippen MR) is 86.0 cm³/mol. The molecule has 1 aliphatic rings. The van der Waals surface area contributed by atoms with E-state index in [1.165, 1.54) is 11.3 Å². The summed E-state index contributed by atoms with van der Waals surface area (Å²) in [5.41, 5.74) is 5.60. The fraction of sp³-hybridized carbons (Fsp3) is 0.714. The number of nitrogen functional groups attached to an aromatic ring is 1. The zero-order valence-corrected chi connectivity index (χ0v) is 13.8. The Morgan fingerprint density at radius 2 is 2.24 bits per heavy atom. The maximum absolute atomic E-state index is 12.5. The quantitative estimate of drug-likeness (QED) is 0.867. The Bertz CT molecular complexity index is 493. The summed E-state index contributed by atoms with van der Waals surface area (Å²) in [6, 6.07) is 0. The Morgan fingerprint density at radius 3 is 2.81 bits per heavy atom. The zero-order chi connectivity index (χ0) is 15.5. The molecule has 1 unspecified atom stereocenters. The Labute approximate surface area is 129 Å². The van der Waals surface area contributed by atoms with Crippen LogP contribution in [0.25, 0.3) is 0 Å². The number of anilines is 2. The van der Waals surface area contributed by atoms with Crippen LogP contribution in [0, 0.1) is 0 Å². The third-order valence-electron chi connectivity index (χ3n) is 3.74. The van der Waals surface area contributed by atoms with Crippen LogP contribution in [0.5, 0.6) is 0 Å². The van der Waals surface area contributed by atoms with Crippen LogP contribution in [0.15, 0.2) is 0 Å². The number of nitrogens with zero attached hydrogens (tertiary/aromatic N) is 2. The van der Waals surface area contributed by atoms with Gasteiger partial charge in [-0.2, -0.15) is 0 Å². The van der Waals surface area contributed by atoms with Gasteiger partial charge in [0.25, 0.3) is 5.91 Å². The zero-order valence-electron chi connectivity index (χ0n) is 12.9. The fourth-order valence-corrected chi connectivity index (χ4v) is 3.48. The third-order valence-corrected chi connectivity index (χ3v) is 4.87. The van der Waals surface area contributed by atoms with Gasteiger partial charge in [0.15, 0.2) is 5.13 Å². The molecule has 1 amide bonds. The van der Waals surface area contributed by atoms with Gasteiger partial charge in [0, 0.05) is 19.7 Å². The smallest absolute Gasteiger partial charge is 0.265 e. The van der Waals surface area contributed by atoms with Gasteiger partial charge in [-0.05, 0) is 33.6 Å². The van der Waals surface area contributed by atoms with Crippen LogP contribution in [0.1, 0.15) is 43.3 Å². The van der Waals surface area contributed by atoms with Gasteiger partial charge in [-0.3, -0.25) is 4.79 Å². The molecule has 7 heteroatoms. The molecule has 1 fully saturated rings. The van der Waals surface area contributed by atoms with Gasteiger partial charge in [0.2, 0.25) is 0 Å². The number of hydrogen-bond acceptors (Lipinski definition) is 6. The van der Waals surface area contributed by atoms with Gasteiger partial charge in [-0.25, -0.2) is 4.98 Å². The average Bonchev–Trinajstić information content (AvgIpc) is 2.82. The Morgan fingerprint density at radius 1 is 1.52 bits per heavy atom. The van der Waals surface area contributed by atoms with E-state index >= 15 is 0 Å². The molecule has 1 aliphatic heterocycles. The number of aromatic nitrogens is 1. The van der Waals surface area contributed by atoms with Gasteiger partial charge in [-0.15, -0.1) is 0 Å². The molecule has 3 N–H and O–H groups in total. The molecule has 1 atom stereocenters. The first-order chi connectivity index (χ1) is 9.99. The second-order valence-electron chi connectivity index (χ2n) is 5.55. The average molecular weight is 312 g/mol. The molecule has 0 aromatic carbocycles. The number of carbonyl (C=O) groups excluding carboxylic acids is 1. The first-order valence-electron chi connectivity index (χ1n) is 7.40. The number of ether oxygens (including phenoxy) is 1. The van der Waals surface area contributed by atoms with E-state index < -0.39 is 0 Å². The molecule has 0 spiro atoms. The lowest BCUT2D eigenvalue weighted by Crippen LogP contribution is -2.51. The van der Waals surface area contributed by atoms with E-state index in [0.29, 0.717) is 17.3 Å². The molecule has 0 radical (unpaired) electrons. The largest absolute Gasteiger partial charge is 0.382 e. The summed E-state index contributed by atoms with van der Waals surface area (Å²) in [7, 11) is 0. The van der Waals surface area contributed by atoms with Crippen LogP contribution in [0.2, 0.25) is 0 Å². The van der Waals surface area contributed by atoms with E-state index in [1.807, 2.05) is 6.92 Å². The SMILES string of the molecule is CCN(CC)c1nc(N)c(C(=O)NC2(C)CCCOC2)s1. The van der Waals surface area contributed by atoms with Crippen molar-refractivity contribution >= 4 is 28.2 Å². The Hall–Kier alpha value is -1.34. The molecule has 0 aliphatic carbocycles. The second kappa shape index (κ2) is 6.62. The van der Waals surface area contributed by atoms with E-state index in [1.54, 1.807) is 0 Å². The molecule has 118 valence electrons. The topological polar surface area (TPSA) is 80.5 Å². The number of nitrogens with two attached hydrogens (primary N) is 1. The number of amides is 1. The molecule has 1 aromatic rings. The van der Waals surface area contributed by atoms with Gasteiger partial charge in [0.1, 0.15) is 10.7 Å². The second-order valence-corrected chi connectivity index (χ2v) is 6.53. The third kappa shape index (κ3) is 3.65. The highest BCUT2D eigenvalue weighted by Crippen LogP contribution is 2.29. The van der Waals surface area contributed by atoms with E-state index in [-0.39, 0.29) is 11.4 Å². The van der Waals surface area contributed by atoms with E-state index in [0.717, 1.165) is 37.7 Å². The van der Waals surface area contributed by atoms with Gasteiger partial charge in [0.05, 0.1) is 12.1 Å².